The minimum Gasteiger partial charge on any atom is -0.406 e. The van der Waals surface area contributed by atoms with Crippen molar-refractivity contribution in [2.75, 3.05) is 19.0 Å². The number of hydrogen-bond donors (Lipinski definition) is 2. The molecule has 0 spiro atoms. The third-order valence-corrected chi connectivity index (χ3v) is 6.98. The van der Waals surface area contributed by atoms with E-state index in [-0.39, 0.29) is 12.2 Å². The average molecular weight is 426 g/mol. The second-order valence-electron chi connectivity index (χ2n) is 8.67. The zero-order valence-electron chi connectivity index (χ0n) is 16.6. The molecule has 0 radical (unpaired) electrons. The molecule has 4 fully saturated rings. The molecular formula is C21H25F3N2O4. The van der Waals surface area contributed by atoms with Gasteiger partial charge in [-0.05, 0) is 80.0 Å². The second-order valence-corrected chi connectivity index (χ2v) is 8.67. The number of amides is 2. The van der Waals surface area contributed by atoms with Crippen molar-refractivity contribution in [3.05, 3.63) is 24.3 Å². The molecule has 0 aromatic heterocycles. The fourth-order valence-electron chi connectivity index (χ4n) is 5.90. The highest BCUT2D eigenvalue weighted by Gasteiger charge is 2.57. The smallest absolute Gasteiger partial charge is 0.406 e. The summed E-state index contributed by atoms with van der Waals surface area (Å²) >= 11 is 0. The number of carbonyl (C=O) groups excluding carboxylic acids is 2. The minimum atomic E-state index is -4.79. The van der Waals surface area contributed by atoms with E-state index in [1.165, 1.54) is 18.6 Å². The van der Waals surface area contributed by atoms with Gasteiger partial charge in [-0.2, -0.15) is 0 Å². The van der Waals surface area contributed by atoms with Gasteiger partial charge in [0.15, 0.2) is 0 Å². The summed E-state index contributed by atoms with van der Waals surface area (Å²) in [5, 5.41) is 5.10. The predicted octanol–water partition coefficient (Wildman–Crippen LogP) is 3.48. The number of hydrogen-bond acceptors (Lipinski definition) is 4. The Morgan fingerprint density at radius 1 is 1.00 bits per heavy atom. The maximum absolute atomic E-state index is 12.3. The van der Waals surface area contributed by atoms with E-state index in [4.69, 9.17) is 4.74 Å². The van der Waals surface area contributed by atoms with Gasteiger partial charge >= 0.3 is 18.2 Å². The van der Waals surface area contributed by atoms with E-state index < -0.39 is 29.5 Å². The second kappa shape index (κ2) is 7.76. The number of alkyl halides is 3. The van der Waals surface area contributed by atoms with Gasteiger partial charge in [0.2, 0.25) is 0 Å². The van der Waals surface area contributed by atoms with Gasteiger partial charge in [-0.25, -0.2) is 0 Å². The molecule has 2 amide bonds. The Bertz CT molecular complexity index is 781. The number of methoxy groups -OCH3 is 1. The molecule has 4 saturated carbocycles. The van der Waals surface area contributed by atoms with Gasteiger partial charge < -0.3 is 20.1 Å². The average Bonchev–Trinajstić information content (AvgIpc) is 2.67. The summed E-state index contributed by atoms with van der Waals surface area (Å²) in [5.74, 6) is 0.198. The van der Waals surface area contributed by atoms with Crippen molar-refractivity contribution < 1.29 is 32.2 Å². The van der Waals surface area contributed by atoms with E-state index in [1.807, 2.05) is 0 Å². The molecule has 5 rings (SSSR count). The van der Waals surface area contributed by atoms with Crippen LogP contribution in [-0.2, 0) is 14.3 Å². The van der Waals surface area contributed by atoms with Crippen molar-refractivity contribution in [2.45, 2.75) is 44.1 Å². The Labute approximate surface area is 172 Å². The van der Waals surface area contributed by atoms with E-state index >= 15 is 0 Å². The van der Waals surface area contributed by atoms with E-state index in [0.29, 0.717) is 11.8 Å². The first kappa shape index (κ1) is 21.0. The molecule has 9 heteroatoms. The highest BCUT2D eigenvalue weighted by molar-refractivity contribution is 6.39. The molecule has 0 atom stereocenters. The van der Waals surface area contributed by atoms with Crippen LogP contribution < -0.4 is 15.4 Å². The van der Waals surface area contributed by atoms with Crippen LogP contribution in [0, 0.1) is 23.7 Å². The Morgan fingerprint density at radius 2 is 1.57 bits per heavy atom. The molecule has 0 unspecified atom stereocenters. The lowest BCUT2D eigenvalue weighted by Crippen LogP contribution is -2.63. The molecule has 30 heavy (non-hydrogen) atoms. The molecule has 164 valence electrons. The molecule has 0 aliphatic heterocycles. The third-order valence-electron chi connectivity index (χ3n) is 6.98. The number of anilines is 1. The Hall–Kier alpha value is -2.29. The SMILES string of the molecule is COC1(CNC(=O)C(=O)Nc2ccc(OC(F)(F)F)cc2)C2CC3CC(C2)CC1C3. The van der Waals surface area contributed by atoms with Crippen LogP contribution in [0.25, 0.3) is 0 Å². The van der Waals surface area contributed by atoms with E-state index in [9.17, 15) is 22.8 Å². The summed E-state index contributed by atoms with van der Waals surface area (Å²) in [5.41, 5.74) is -0.235. The lowest BCUT2D eigenvalue weighted by Gasteiger charge is -2.60. The summed E-state index contributed by atoms with van der Waals surface area (Å²) < 4.78 is 46.4. The number of nitrogens with one attached hydrogen (secondary N) is 2. The normalized spacial score (nSPS) is 32.0. The largest absolute Gasteiger partial charge is 0.573 e. The van der Waals surface area contributed by atoms with Crippen LogP contribution in [0.1, 0.15) is 32.1 Å². The number of ether oxygens (including phenoxy) is 2. The topological polar surface area (TPSA) is 76.7 Å². The van der Waals surface area contributed by atoms with Crippen LogP contribution in [0.3, 0.4) is 0 Å². The molecular weight excluding hydrogens is 401 g/mol. The predicted molar refractivity (Wildman–Crippen MR) is 102 cm³/mol. The fraction of sp³-hybridized carbons (Fsp3) is 0.619. The highest BCUT2D eigenvalue weighted by Crippen LogP contribution is 2.59. The van der Waals surface area contributed by atoms with E-state index in [0.717, 1.165) is 49.7 Å². The number of halogens is 3. The van der Waals surface area contributed by atoms with Crippen molar-refractivity contribution in [2.24, 2.45) is 23.7 Å². The van der Waals surface area contributed by atoms with Gasteiger partial charge in [0.1, 0.15) is 5.75 Å². The van der Waals surface area contributed by atoms with Crippen molar-refractivity contribution in [1.82, 2.24) is 5.32 Å². The standard InChI is InChI=1S/C21H25F3N2O4/c1-29-20(14-7-12-6-13(9-14)10-15(20)8-12)11-25-18(27)19(28)26-16-2-4-17(5-3-16)30-21(22,23)24/h2-5,12-15H,6-11H2,1H3,(H,25,27)(H,26,28). The quantitative estimate of drug-likeness (QED) is 0.707. The van der Waals surface area contributed by atoms with Crippen molar-refractivity contribution in [3.8, 4) is 5.75 Å². The Balaban J connectivity index is 1.33. The maximum Gasteiger partial charge on any atom is 0.573 e. The lowest BCUT2D eigenvalue weighted by atomic mass is 9.49. The minimum absolute atomic E-state index is 0.195. The van der Waals surface area contributed by atoms with Gasteiger partial charge in [-0.15, -0.1) is 13.2 Å². The monoisotopic (exact) mass is 426 g/mol. The van der Waals surface area contributed by atoms with Crippen LogP contribution in [-0.4, -0.2) is 37.4 Å². The first-order valence-electron chi connectivity index (χ1n) is 10.2. The van der Waals surface area contributed by atoms with E-state index in [2.05, 4.69) is 15.4 Å². The van der Waals surface area contributed by atoms with Gasteiger partial charge in [0.25, 0.3) is 0 Å². The van der Waals surface area contributed by atoms with Crippen LogP contribution in [0.5, 0.6) is 5.75 Å². The molecule has 4 bridgehead atoms. The Morgan fingerprint density at radius 3 is 2.07 bits per heavy atom. The number of carbonyl (C=O) groups is 2. The van der Waals surface area contributed by atoms with Crippen molar-refractivity contribution in [3.63, 3.8) is 0 Å². The number of benzene rings is 1. The van der Waals surface area contributed by atoms with Crippen molar-refractivity contribution in [1.29, 1.82) is 0 Å². The molecule has 4 aliphatic rings. The summed E-state index contributed by atoms with van der Waals surface area (Å²) in [7, 11) is 1.68. The molecule has 0 heterocycles. The van der Waals surface area contributed by atoms with Crippen LogP contribution in [0.4, 0.5) is 18.9 Å². The molecule has 0 saturated heterocycles. The van der Waals surface area contributed by atoms with Crippen LogP contribution >= 0.6 is 0 Å². The van der Waals surface area contributed by atoms with E-state index in [1.54, 1.807) is 7.11 Å². The Kier molecular flexibility index (Phi) is 5.42. The first-order valence-corrected chi connectivity index (χ1v) is 10.2. The zero-order valence-corrected chi connectivity index (χ0v) is 16.6. The molecule has 2 N–H and O–H groups in total. The fourth-order valence-corrected chi connectivity index (χ4v) is 5.90. The van der Waals surface area contributed by atoms with Gasteiger partial charge in [-0.3, -0.25) is 9.59 Å². The van der Waals surface area contributed by atoms with Gasteiger partial charge in [0.05, 0.1) is 5.60 Å². The summed E-state index contributed by atoms with van der Waals surface area (Å²) in [6.45, 7) is 0.281. The lowest BCUT2D eigenvalue weighted by molar-refractivity contribution is -0.274. The number of rotatable bonds is 5. The highest BCUT2D eigenvalue weighted by atomic mass is 19.4. The van der Waals surface area contributed by atoms with Crippen LogP contribution in [0.2, 0.25) is 0 Å². The molecule has 4 aliphatic carbocycles. The van der Waals surface area contributed by atoms with Crippen molar-refractivity contribution >= 4 is 17.5 Å². The summed E-state index contributed by atoms with van der Waals surface area (Å²) in [6.07, 6.45) is 0.934. The first-order chi connectivity index (χ1) is 14.2. The molecule has 6 nitrogen and oxygen atoms in total. The third kappa shape index (κ3) is 4.12. The van der Waals surface area contributed by atoms with Gasteiger partial charge in [-0.1, -0.05) is 0 Å². The zero-order chi connectivity index (χ0) is 21.5. The summed E-state index contributed by atoms with van der Waals surface area (Å²) in [4.78, 5) is 24.6. The van der Waals surface area contributed by atoms with Gasteiger partial charge in [0, 0.05) is 19.3 Å². The molecule has 1 aromatic carbocycles. The van der Waals surface area contributed by atoms with Crippen LogP contribution in [0.15, 0.2) is 24.3 Å². The maximum atomic E-state index is 12.3. The molecule has 1 aromatic rings. The summed E-state index contributed by atoms with van der Waals surface area (Å²) in [6, 6.07) is 4.60.